The first kappa shape index (κ1) is 13.9. The van der Waals surface area contributed by atoms with Gasteiger partial charge in [-0.1, -0.05) is 20.8 Å². The fraction of sp³-hybridized carbons (Fsp3) is 0.467. The first-order valence-electron chi connectivity index (χ1n) is 6.90. The second kappa shape index (κ2) is 5.02. The van der Waals surface area contributed by atoms with Crippen molar-refractivity contribution in [3.63, 3.8) is 0 Å². The van der Waals surface area contributed by atoms with Crippen LogP contribution in [0.4, 0.5) is 5.82 Å². The number of nitrogen functional groups attached to an aromatic ring is 1. The molecule has 1 aliphatic rings. The van der Waals surface area contributed by atoms with Crippen LogP contribution in [0.3, 0.4) is 0 Å². The van der Waals surface area contributed by atoms with Gasteiger partial charge in [-0.25, -0.2) is 9.97 Å². The van der Waals surface area contributed by atoms with Gasteiger partial charge >= 0.3 is 0 Å². The molecular weight excluding hydrogens is 365 g/mol. The van der Waals surface area contributed by atoms with Crippen LogP contribution in [-0.2, 0) is 0 Å². The van der Waals surface area contributed by atoms with Crippen molar-refractivity contribution in [3.05, 3.63) is 27.2 Å². The van der Waals surface area contributed by atoms with E-state index in [0.29, 0.717) is 29.2 Å². The highest BCUT2D eigenvalue weighted by molar-refractivity contribution is 14.1. The maximum Gasteiger partial charge on any atom is 0.197 e. The molecule has 2 N–H and O–H groups in total. The van der Waals surface area contributed by atoms with E-state index < -0.39 is 0 Å². The Balaban J connectivity index is 1.99. The lowest BCUT2D eigenvalue weighted by Crippen LogP contribution is -2.06. The van der Waals surface area contributed by atoms with Crippen LogP contribution in [0.15, 0.2) is 16.5 Å². The van der Waals surface area contributed by atoms with Crippen LogP contribution in [0.5, 0.6) is 0 Å². The van der Waals surface area contributed by atoms with Crippen molar-refractivity contribution < 1.29 is 4.42 Å². The quantitative estimate of drug-likeness (QED) is 0.808. The largest absolute Gasteiger partial charge is 0.457 e. The fourth-order valence-electron chi connectivity index (χ4n) is 2.37. The molecule has 0 bridgehead atoms. The zero-order valence-corrected chi connectivity index (χ0v) is 14.0. The number of rotatable bonds is 3. The Kier molecular flexibility index (Phi) is 3.48. The Bertz CT molecular complexity index is 651. The lowest BCUT2D eigenvalue weighted by molar-refractivity contribution is 0.514. The molecule has 0 radical (unpaired) electrons. The minimum Gasteiger partial charge on any atom is -0.457 e. The molecule has 3 rings (SSSR count). The molecule has 5 heteroatoms. The second-order valence-electron chi connectivity index (χ2n) is 5.81. The molecule has 1 fully saturated rings. The van der Waals surface area contributed by atoms with E-state index >= 15 is 0 Å². The van der Waals surface area contributed by atoms with Crippen molar-refractivity contribution in [1.82, 2.24) is 9.97 Å². The maximum atomic E-state index is 6.00. The van der Waals surface area contributed by atoms with Crippen molar-refractivity contribution in [3.8, 4) is 11.6 Å². The summed E-state index contributed by atoms with van der Waals surface area (Å²) in [5.41, 5.74) is 6.97. The van der Waals surface area contributed by atoms with Crippen LogP contribution in [0.2, 0.25) is 0 Å². The standard InChI is InChI=1S/C15H18IN3O/c1-7(2)13-12(16)14(17)19-15(18-13)11-5-4-10(20-11)9-6-8(9)3/h4-5,7-9H,6H2,1-3H3,(H2,17,18,19). The van der Waals surface area contributed by atoms with Crippen LogP contribution in [0.25, 0.3) is 11.6 Å². The lowest BCUT2D eigenvalue weighted by atomic mass is 10.1. The van der Waals surface area contributed by atoms with Gasteiger partial charge in [0.15, 0.2) is 11.6 Å². The Morgan fingerprint density at radius 3 is 2.65 bits per heavy atom. The molecule has 0 aliphatic heterocycles. The summed E-state index contributed by atoms with van der Waals surface area (Å²) in [5.74, 6) is 4.47. The predicted molar refractivity (Wildman–Crippen MR) is 87.5 cm³/mol. The molecule has 20 heavy (non-hydrogen) atoms. The van der Waals surface area contributed by atoms with Crippen LogP contribution < -0.4 is 5.73 Å². The van der Waals surface area contributed by atoms with Crippen molar-refractivity contribution >= 4 is 28.4 Å². The third-order valence-electron chi connectivity index (χ3n) is 3.77. The van der Waals surface area contributed by atoms with Gasteiger partial charge in [0.05, 0.1) is 9.26 Å². The van der Waals surface area contributed by atoms with Gasteiger partial charge in [-0.15, -0.1) is 0 Å². The minimum absolute atomic E-state index is 0.309. The van der Waals surface area contributed by atoms with Gasteiger partial charge in [0, 0.05) is 5.92 Å². The van der Waals surface area contributed by atoms with Crippen molar-refractivity contribution in [2.75, 3.05) is 5.73 Å². The first-order valence-corrected chi connectivity index (χ1v) is 7.98. The zero-order valence-electron chi connectivity index (χ0n) is 11.9. The number of nitrogens with zero attached hydrogens (tertiary/aromatic N) is 2. The van der Waals surface area contributed by atoms with E-state index in [0.717, 1.165) is 20.9 Å². The first-order chi connectivity index (χ1) is 9.47. The number of nitrogens with two attached hydrogens (primary N) is 1. The average Bonchev–Trinajstić information content (AvgIpc) is 2.93. The Labute approximate surface area is 132 Å². The van der Waals surface area contributed by atoms with E-state index in [1.807, 2.05) is 12.1 Å². The van der Waals surface area contributed by atoms with Crippen LogP contribution in [0, 0.1) is 9.49 Å². The number of anilines is 1. The summed E-state index contributed by atoms with van der Waals surface area (Å²) in [6.45, 7) is 6.45. The monoisotopic (exact) mass is 383 g/mol. The van der Waals surface area contributed by atoms with Crippen LogP contribution in [-0.4, -0.2) is 9.97 Å². The van der Waals surface area contributed by atoms with Gasteiger partial charge < -0.3 is 10.2 Å². The molecule has 106 valence electrons. The number of hydrogen-bond acceptors (Lipinski definition) is 4. The highest BCUT2D eigenvalue weighted by Gasteiger charge is 2.36. The summed E-state index contributed by atoms with van der Waals surface area (Å²) in [6.07, 6.45) is 1.21. The lowest BCUT2D eigenvalue weighted by Gasteiger charge is -2.10. The average molecular weight is 383 g/mol. The molecule has 4 nitrogen and oxygen atoms in total. The van der Waals surface area contributed by atoms with Gasteiger partial charge in [0.25, 0.3) is 0 Å². The molecular formula is C15H18IN3O. The molecule has 2 atom stereocenters. The van der Waals surface area contributed by atoms with E-state index in [2.05, 4.69) is 53.3 Å². The van der Waals surface area contributed by atoms with Gasteiger partial charge in [-0.3, -0.25) is 0 Å². The number of halogens is 1. The van der Waals surface area contributed by atoms with Gasteiger partial charge in [0.2, 0.25) is 0 Å². The van der Waals surface area contributed by atoms with Gasteiger partial charge in [-0.2, -0.15) is 0 Å². The minimum atomic E-state index is 0.309. The molecule has 2 heterocycles. The van der Waals surface area contributed by atoms with E-state index in [4.69, 9.17) is 10.2 Å². The van der Waals surface area contributed by atoms with E-state index in [-0.39, 0.29) is 0 Å². The molecule has 0 spiro atoms. The molecule has 1 saturated carbocycles. The Morgan fingerprint density at radius 2 is 2.05 bits per heavy atom. The summed E-state index contributed by atoms with van der Waals surface area (Å²) in [6, 6.07) is 3.99. The van der Waals surface area contributed by atoms with Crippen LogP contribution >= 0.6 is 22.6 Å². The smallest absolute Gasteiger partial charge is 0.197 e. The predicted octanol–water partition coefficient (Wildman–Crippen LogP) is 4.17. The normalized spacial score (nSPS) is 21.4. The number of hydrogen-bond donors (Lipinski definition) is 1. The van der Waals surface area contributed by atoms with Crippen molar-refractivity contribution in [1.29, 1.82) is 0 Å². The van der Waals surface area contributed by atoms with Gasteiger partial charge in [0.1, 0.15) is 11.6 Å². The fourth-order valence-corrected chi connectivity index (χ4v) is 3.23. The topological polar surface area (TPSA) is 64.9 Å². The summed E-state index contributed by atoms with van der Waals surface area (Å²) in [7, 11) is 0. The zero-order chi connectivity index (χ0) is 14.4. The maximum absolute atomic E-state index is 6.00. The summed E-state index contributed by atoms with van der Waals surface area (Å²) < 4.78 is 6.84. The molecule has 2 aromatic rings. The number of furan rings is 1. The summed E-state index contributed by atoms with van der Waals surface area (Å²) in [4.78, 5) is 8.99. The highest BCUT2D eigenvalue weighted by atomic mass is 127. The third-order valence-corrected chi connectivity index (χ3v) is 4.88. The number of aromatic nitrogens is 2. The SMILES string of the molecule is CC(C)c1nc(-c2ccc(C3CC3C)o2)nc(N)c1I. The van der Waals surface area contributed by atoms with Crippen LogP contribution in [0.1, 0.15) is 50.5 Å². The molecule has 0 aromatic carbocycles. The molecule has 0 amide bonds. The van der Waals surface area contributed by atoms with E-state index in [1.54, 1.807) is 0 Å². The Hall–Kier alpha value is -1.11. The third kappa shape index (κ3) is 2.43. The molecule has 0 saturated heterocycles. The molecule has 1 aliphatic carbocycles. The summed E-state index contributed by atoms with van der Waals surface area (Å²) in [5, 5.41) is 0. The van der Waals surface area contributed by atoms with Gasteiger partial charge in [-0.05, 0) is 53.0 Å². The second-order valence-corrected chi connectivity index (χ2v) is 6.89. The molecule has 2 unspecified atom stereocenters. The van der Waals surface area contributed by atoms with Crippen molar-refractivity contribution in [2.24, 2.45) is 5.92 Å². The molecule has 2 aromatic heterocycles. The summed E-state index contributed by atoms with van der Waals surface area (Å²) >= 11 is 2.20. The van der Waals surface area contributed by atoms with Crippen molar-refractivity contribution in [2.45, 2.75) is 39.0 Å². The highest BCUT2D eigenvalue weighted by Crippen LogP contribution is 2.47. The van der Waals surface area contributed by atoms with E-state index in [1.165, 1.54) is 6.42 Å². The Morgan fingerprint density at radius 1 is 1.35 bits per heavy atom. The van der Waals surface area contributed by atoms with E-state index in [9.17, 15) is 0 Å².